The molecule has 2 N–H and O–H groups in total. The predicted molar refractivity (Wildman–Crippen MR) is 68.9 cm³/mol. The second-order valence-corrected chi connectivity index (χ2v) is 4.22. The molecule has 1 heterocycles. The van der Waals surface area contributed by atoms with Crippen molar-refractivity contribution in [1.82, 2.24) is 9.97 Å². The van der Waals surface area contributed by atoms with Gasteiger partial charge >= 0.3 is 0 Å². The minimum Gasteiger partial charge on any atom is -0.357 e. The lowest BCUT2D eigenvalue weighted by Crippen LogP contribution is -2.03. The summed E-state index contributed by atoms with van der Waals surface area (Å²) in [4.78, 5) is 8.00. The highest BCUT2D eigenvalue weighted by molar-refractivity contribution is 9.10. The summed E-state index contributed by atoms with van der Waals surface area (Å²) in [5, 5.41) is 5.33. The van der Waals surface area contributed by atoms with E-state index in [1.165, 1.54) is 24.4 Å². The second kappa shape index (κ2) is 5.26. The molecular formula is C11H9BrF2N4. The van der Waals surface area contributed by atoms with Gasteiger partial charge in [0.2, 0.25) is 5.95 Å². The van der Waals surface area contributed by atoms with Gasteiger partial charge in [-0.1, -0.05) is 6.07 Å². The molecule has 0 bridgehead atoms. The molecule has 94 valence electrons. The molecule has 0 saturated carbocycles. The van der Waals surface area contributed by atoms with Crippen LogP contribution in [0.1, 0.15) is 0 Å². The Morgan fingerprint density at radius 1 is 1.22 bits per heavy atom. The van der Waals surface area contributed by atoms with Crippen LogP contribution in [0.3, 0.4) is 0 Å². The number of hydrogen-bond donors (Lipinski definition) is 2. The second-order valence-electron chi connectivity index (χ2n) is 3.36. The molecular weight excluding hydrogens is 306 g/mol. The van der Waals surface area contributed by atoms with Gasteiger partial charge in [-0.3, -0.25) is 0 Å². The summed E-state index contributed by atoms with van der Waals surface area (Å²) in [5.41, 5.74) is -0.251. The minimum absolute atomic E-state index is 0.251. The first kappa shape index (κ1) is 12.7. The Morgan fingerprint density at radius 2 is 1.89 bits per heavy atom. The number of aromatic nitrogens is 2. The van der Waals surface area contributed by atoms with Crippen molar-refractivity contribution in [3.05, 3.63) is 40.5 Å². The summed E-state index contributed by atoms with van der Waals surface area (Å²) in [7, 11) is 1.65. The van der Waals surface area contributed by atoms with Crippen molar-refractivity contribution < 1.29 is 8.78 Å². The Bertz CT molecular complexity index is 557. The van der Waals surface area contributed by atoms with Crippen LogP contribution in [0.4, 0.5) is 26.2 Å². The number of rotatable bonds is 3. The number of halogens is 3. The van der Waals surface area contributed by atoms with Crippen LogP contribution in [0.25, 0.3) is 0 Å². The molecule has 4 nitrogen and oxygen atoms in total. The molecule has 0 radical (unpaired) electrons. The van der Waals surface area contributed by atoms with E-state index in [1.54, 1.807) is 7.05 Å². The number of nitrogens with one attached hydrogen (secondary N) is 2. The number of para-hydroxylation sites is 1. The first-order valence-electron chi connectivity index (χ1n) is 5.03. The molecule has 1 aromatic heterocycles. The molecule has 0 amide bonds. The Morgan fingerprint density at radius 3 is 2.50 bits per heavy atom. The minimum atomic E-state index is -0.688. The summed E-state index contributed by atoms with van der Waals surface area (Å²) in [6.45, 7) is 0. The standard InChI is InChI=1S/C11H9BrF2N4/c1-15-11-16-5-6(12)10(18-11)17-9-7(13)3-2-4-8(9)14/h2-5H,1H3,(H2,15,16,17,18). The molecule has 0 fully saturated rings. The van der Waals surface area contributed by atoms with Crippen molar-refractivity contribution in [3.8, 4) is 0 Å². The van der Waals surface area contributed by atoms with E-state index in [0.29, 0.717) is 10.4 Å². The van der Waals surface area contributed by atoms with E-state index in [1.807, 2.05) is 0 Å². The molecule has 7 heteroatoms. The van der Waals surface area contributed by atoms with E-state index >= 15 is 0 Å². The third-order valence-corrected chi connectivity index (χ3v) is 2.75. The van der Waals surface area contributed by atoms with Crippen molar-refractivity contribution in [3.63, 3.8) is 0 Å². The van der Waals surface area contributed by atoms with Gasteiger partial charge in [0.05, 0.1) is 4.47 Å². The fourth-order valence-corrected chi connectivity index (χ4v) is 1.60. The van der Waals surface area contributed by atoms with Crippen molar-refractivity contribution in [2.24, 2.45) is 0 Å². The molecule has 0 spiro atoms. The fourth-order valence-electron chi connectivity index (χ4n) is 1.31. The van der Waals surface area contributed by atoms with Gasteiger partial charge in [-0.25, -0.2) is 13.8 Å². The number of benzene rings is 1. The first-order chi connectivity index (χ1) is 8.61. The monoisotopic (exact) mass is 314 g/mol. The summed E-state index contributed by atoms with van der Waals surface area (Å²) < 4.78 is 27.5. The van der Waals surface area contributed by atoms with E-state index in [-0.39, 0.29) is 11.5 Å². The quantitative estimate of drug-likeness (QED) is 0.912. The average molecular weight is 315 g/mol. The van der Waals surface area contributed by atoms with Gasteiger partial charge in [-0.15, -0.1) is 0 Å². The molecule has 0 aliphatic rings. The van der Waals surface area contributed by atoms with E-state index in [4.69, 9.17) is 0 Å². The average Bonchev–Trinajstić information content (AvgIpc) is 2.36. The molecule has 2 aromatic rings. The van der Waals surface area contributed by atoms with Crippen molar-refractivity contribution >= 4 is 33.4 Å². The van der Waals surface area contributed by atoms with Crippen LogP contribution in [0.5, 0.6) is 0 Å². The highest BCUT2D eigenvalue weighted by Gasteiger charge is 2.11. The molecule has 0 atom stereocenters. The summed E-state index contributed by atoms with van der Waals surface area (Å²) >= 11 is 3.21. The number of hydrogen-bond acceptors (Lipinski definition) is 4. The van der Waals surface area contributed by atoms with Gasteiger partial charge in [-0.2, -0.15) is 4.98 Å². The predicted octanol–water partition coefficient (Wildman–Crippen LogP) is 3.30. The third-order valence-electron chi connectivity index (χ3n) is 2.17. The lowest BCUT2D eigenvalue weighted by Gasteiger charge is -2.10. The van der Waals surface area contributed by atoms with Gasteiger partial charge in [0.1, 0.15) is 17.3 Å². The van der Waals surface area contributed by atoms with E-state index in [2.05, 4.69) is 36.5 Å². The first-order valence-corrected chi connectivity index (χ1v) is 5.82. The van der Waals surface area contributed by atoms with Crippen molar-refractivity contribution in [1.29, 1.82) is 0 Å². The SMILES string of the molecule is CNc1ncc(Br)c(Nc2c(F)cccc2F)n1. The summed E-state index contributed by atoms with van der Waals surface area (Å²) in [6, 6.07) is 3.63. The van der Waals surface area contributed by atoms with Crippen LogP contribution in [0.15, 0.2) is 28.9 Å². The Balaban J connectivity index is 2.39. The van der Waals surface area contributed by atoms with Crippen LogP contribution >= 0.6 is 15.9 Å². The maximum atomic E-state index is 13.5. The van der Waals surface area contributed by atoms with Crippen molar-refractivity contribution in [2.45, 2.75) is 0 Å². The highest BCUT2D eigenvalue weighted by Crippen LogP contribution is 2.27. The third kappa shape index (κ3) is 2.56. The number of anilines is 3. The Hall–Kier alpha value is -1.76. The van der Waals surface area contributed by atoms with E-state index < -0.39 is 11.6 Å². The number of nitrogens with zero attached hydrogens (tertiary/aromatic N) is 2. The van der Waals surface area contributed by atoms with Gasteiger partial charge in [0.15, 0.2) is 5.82 Å². The zero-order valence-electron chi connectivity index (χ0n) is 9.34. The van der Waals surface area contributed by atoms with Crippen LogP contribution in [0.2, 0.25) is 0 Å². The lowest BCUT2D eigenvalue weighted by molar-refractivity contribution is 0.590. The smallest absolute Gasteiger partial charge is 0.224 e. The van der Waals surface area contributed by atoms with Crippen LogP contribution < -0.4 is 10.6 Å². The van der Waals surface area contributed by atoms with E-state index in [9.17, 15) is 8.78 Å². The summed E-state index contributed by atoms with van der Waals surface area (Å²) in [5.74, 6) is -0.756. The van der Waals surface area contributed by atoms with Gasteiger partial charge < -0.3 is 10.6 Å². The lowest BCUT2D eigenvalue weighted by atomic mass is 10.3. The summed E-state index contributed by atoms with van der Waals surface area (Å²) in [6.07, 6.45) is 1.49. The molecule has 1 aromatic carbocycles. The Kier molecular flexibility index (Phi) is 3.71. The largest absolute Gasteiger partial charge is 0.357 e. The molecule has 18 heavy (non-hydrogen) atoms. The Labute approximate surface area is 111 Å². The maximum absolute atomic E-state index is 13.5. The molecule has 0 unspecified atom stereocenters. The molecule has 2 rings (SSSR count). The topological polar surface area (TPSA) is 49.8 Å². The van der Waals surface area contributed by atoms with Crippen molar-refractivity contribution in [2.75, 3.05) is 17.7 Å². The zero-order chi connectivity index (χ0) is 13.1. The molecule has 0 aliphatic heterocycles. The molecule has 0 saturated heterocycles. The van der Waals surface area contributed by atoms with Crippen LogP contribution in [-0.4, -0.2) is 17.0 Å². The zero-order valence-corrected chi connectivity index (χ0v) is 10.9. The normalized spacial score (nSPS) is 10.2. The van der Waals surface area contributed by atoms with Crippen LogP contribution in [0, 0.1) is 11.6 Å². The molecule has 0 aliphatic carbocycles. The maximum Gasteiger partial charge on any atom is 0.224 e. The van der Waals surface area contributed by atoms with Gasteiger partial charge in [0, 0.05) is 13.2 Å². The van der Waals surface area contributed by atoms with E-state index in [0.717, 1.165) is 0 Å². The van der Waals surface area contributed by atoms with Gasteiger partial charge in [0.25, 0.3) is 0 Å². The highest BCUT2D eigenvalue weighted by atomic mass is 79.9. The fraction of sp³-hybridized carbons (Fsp3) is 0.0909. The van der Waals surface area contributed by atoms with Crippen LogP contribution in [-0.2, 0) is 0 Å². The van der Waals surface area contributed by atoms with Gasteiger partial charge in [-0.05, 0) is 28.1 Å².